The van der Waals surface area contributed by atoms with E-state index in [1.807, 2.05) is 42.7 Å². The number of carbonyl (C=O) groups is 1. The fraction of sp³-hybridized carbons (Fsp3) is 0.111. The van der Waals surface area contributed by atoms with Crippen LogP contribution < -0.4 is 5.73 Å². The number of nitrogen functional groups attached to an aromatic ring is 1. The lowest BCUT2D eigenvalue weighted by atomic mass is 10.1. The molecule has 0 amide bonds. The Labute approximate surface area is 154 Å². The van der Waals surface area contributed by atoms with Crippen molar-refractivity contribution in [3.63, 3.8) is 0 Å². The Bertz CT molecular complexity index is 1010. The van der Waals surface area contributed by atoms with E-state index in [0.29, 0.717) is 10.8 Å². The molecule has 0 aliphatic heterocycles. The molecule has 0 spiro atoms. The Hall–Kier alpha value is -3.31. The highest BCUT2D eigenvalue weighted by Crippen LogP contribution is 2.26. The number of hydrogen-bond acceptors (Lipinski definition) is 7. The summed E-state index contributed by atoms with van der Waals surface area (Å²) >= 11 is 1.47. The molecule has 1 aromatic carbocycles. The van der Waals surface area contributed by atoms with Crippen LogP contribution in [0.4, 0.5) is 5.69 Å². The number of anilines is 1. The molecule has 0 radical (unpaired) electrons. The summed E-state index contributed by atoms with van der Waals surface area (Å²) in [5, 5.41) is 9.88. The molecule has 0 aliphatic rings. The van der Waals surface area contributed by atoms with E-state index in [9.17, 15) is 10.1 Å². The molecule has 2 aromatic heterocycles. The van der Waals surface area contributed by atoms with Gasteiger partial charge < -0.3 is 15.0 Å². The number of methoxy groups -OCH3 is 1. The Morgan fingerprint density at radius 2 is 2.04 bits per heavy atom. The molecular formula is C18H15N5O2S. The van der Waals surface area contributed by atoms with E-state index < -0.39 is 5.97 Å². The van der Waals surface area contributed by atoms with E-state index in [2.05, 4.69) is 9.97 Å². The van der Waals surface area contributed by atoms with Gasteiger partial charge in [-0.05, 0) is 24.5 Å². The maximum Gasteiger partial charge on any atom is 0.357 e. The number of aromatic nitrogens is 3. The molecule has 2 heterocycles. The van der Waals surface area contributed by atoms with Crippen LogP contribution in [0.25, 0.3) is 16.9 Å². The van der Waals surface area contributed by atoms with Gasteiger partial charge in [-0.2, -0.15) is 5.26 Å². The first-order chi connectivity index (χ1) is 12.6. The lowest BCUT2D eigenvalue weighted by molar-refractivity contribution is 0.0593. The standard InChI is InChI=1S/C18H15N5O2S/c1-25-17(24)16-15(20)12(9-19)10-23(16)13-5-3-11(4-6-13)14-7-8-21-18(22-14)26-2/h3-8,10H,20H2,1-2H3. The molecular weight excluding hydrogens is 350 g/mol. The number of rotatable bonds is 4. The lowest BCUT2D eigenvalue weighted by Crippen LogP contribution is -2.11. The second kappa shape index (κ2) is 7.29. The van der Waals surface area contributed by atoms with Gasteiger partial charge in [0, 0.05) is 23.6 Å². The molecule has 0 saturated heterocycles. The number of nitrogens with zero attached hydrogens (tertiary/aromatic N) is 4. The minimum Gasteiger partial charge on any atom is -0.464 e. The van der Waals surface area contributed by atoms with Crippen molar-refractivity contribution in [2.45, 2.75) is 5.16 Å². The largest absolute Gasteiger partial charge is 0.464 e. The summed E-state index contributed by atoms with van der Waals surface area (Å²) in [6.45, 7) is 0. The highest BCUT2D eigenvalue weighted by atomic mass is 32.2. The fourth-order valence-corrected chi connectivity index (χ4v) is 2.87. The molecule has 3 aromatic rings. The predicted molar refractivity (Wildman–Crippen MR) is 99.0 cm³/mol. The Balaban J connectivity index is 2.04. The van der Waals surface area contributed by atoms with Crippen LogP contribution in [0.2, 0.25) is 0 Å². The van der Waals surface area contributed by atoms with Crippen LogP contribution in [0, 0.1) is 11.3 Å². The Morgan fingerprint density at radius 3 is 2.65 bits per heavy atom. The summed E-state index contributed by atoms with van der Waals surface area (Å²) in [6.07, 6.45) is 5.15. The highest BCUT2D eigenvalue weighted by molar-refractivity contribution is 7.98. The van der Waals surface area contributed by atoms with E-state index in [1.54, 1.807) is 10.8 Å². The van der Waals surface area contributed by atoms with Crippen molar-refractivity contribution in [3.8, 4) is 23.0 Å². The molecule has 0 saturated carbocycles. The summed E-state index contributed by atoms with van der Waals surface area (Å²) in [5.41, 5.74) is 8.76. The van der Waals surface area contributed by atoms with Crippen LogP contribution in [-0.2, 0) is 4.74 Å². The van der Waals surface area contributed by atoms with Crippen molar-refractivity contribution in [3.05, 3.63) is 54.0 Å². The molecule has 0 atom stereocenters. The fourth-order valence-electron chi connectivity index (χ4n) is 2.51. The van der Waals surface area contributed by atoms with Gasteiger partial charge in [-0.3, -0.25) is 0 Å². The third kappa shape index (κ3) is 3.12. The highest BCUT2D eigenvalue weighted by Gasteiger charge is 2.21. The number of nitrogens with two attached hydrogens (primary N) is 1. The predicted octanol–water partition coefficient (Wildman–Crippen LogP) is 2.90. The summed E-state index contributed by atoms with van der Waals surface area (Å²) in [5.74, 6) is -0.603. The van der Waals surface area contributed by atoms with Crippen LogP contribution in [-0.4, -0.2) is 33.9 Å². The normalized spacial score (nSPS) is 10.3. The smallest absolute Gasteiger partial charge is 0.357 e. The third-order valence-corrected chi connectivity index (χ3v) is 4.36. The summed E-state index contributed by atoms with van der Waals surface area (Å²) < 4.78 is 6.34. The van der Waals surface area contributed by atoms with Crippen molar-refractivity contribution < 1.29 is 9.53 Å². The monoisotopic (exact) mass is 365 g/mol. The zero-order valence-electron chi connectivity index (χ0n) is 14.1. The van der Waals surface area contributed by atoms with Crippen molar-refractivity contribution in [2.24, 2.45) is 0 Å². The molecule has 0 fully saturated rings. The van der Waals surface area contributed by atoms with Crippen LogP contribution in [0.3, 0.4) is 0 Å². The van der Waals surface area contributed by atoms with Crippen molar-refractivity contribution in [2.75, 3.05) is 19.1 Å². The summed E-state index contributed by atoms with van der Waals surface area (Å²) in [7, 11) is 1.27. The third-order valence-electron chi connectivity index (χ3n) is 3.80. The van der Waals surface area contributed by atoms with Gasteiger partial charge in [-0.1, -0.05) is 23.9 Å². The SMILES string of the molecule is COC(=O)c1c(N)c(C#N)cn1-c1ccc(-c2ccnc(SC)n2)cc1. The Morgan fingerprint density at radius 1 is 1.31 bits per heavy atom. The minimum absolute atomic E-state index is 0.101. The molecule has 130 valence electrons. The van der Waals surface area contributed by atoms with Crippen molar-refractivity contribution in [1.29, 1.82) is 5.26 Å². The maximum absolute atomic E-state index is 12.1. The molecule has 3 rings (SSSR count). The first-order valence-electron chi connectivity index (χ1n) is 7.56. The number of esters is 1. The van der Waals surface area contributed by atoms with Crippen LogP contribution >= 0.6 is 11.8 Å². The second-order valence-electron chi connectivity index (χ2n) is 5.25. The van der Waals surface area contributed by atoms with Crippen LogP contribution in [0.1, 0.15) is 16.1 Å². The van der Waals surface area contributed by atoms with Gasteiger partial charge in [0.25, 0.3) is 0 Å². The summed E-state index contributed by atoms with van der Waals surface area (Å²) in [4.78, 5) is 20.7. The van der Waals surface area contributed by atoms with Crippen LogP contribution in [0.5, 0.6) is 0 Å². The average Bonchev–Trinajstić information content (AvgIpc) is 3.04. The van der Waals surface area contributed by atoms with Gasteiger partial charge >= 0.3 is 5.97 Å². The zero-order chi connectivity index (χ0) is 18.7. The number of benzene rings is 1. The van der Waals surface area contributed by atoms with Crippen molar-refractivity contribution in [1.82, 2.24) is 14.5 Å². The first-order valence-corrected chi connectivity index (χ1v) is 8.78. The van der Waals surface area contributed by atoms with Crippen molar-refractivity contribution >= 4 is 23.4 Å². The molecule has 0 aliphatic carbocycles. The minimum atomic E-state index is -0.603. The molecule has 0 unspecified atom stereocenters. The van der Waals surface area contributed by atoms with Gasteiger partial charge in [0.2, 0.25) is 0 Å². The number of thioether (sulfide) groups is 1. The average molecular weight is 365 g/mol. The molecule has 2 N–H and O–H groups in total. The first kappa shape index (κ1) is 17.5. The quantitative estimate of drug-likeness (QED) is 0.430. The summed E-state index contributed by atoms with van der Waals surface area (Å²) in [6, 6.07) is 11.2. The Kier molecular flexibility index (Phi) is 4.91. The zero-order valence-corrected chi connectivity index (χ0v) is 14.9. The van der Waals surface area contributed by atoms with Crippen LogP contribution in [0.15, 0.2) is 47.9 Å². The van der Waals surface area contributed by atoms with Gasteiger partial charge in [-0.15, -0.1) is 0 Å². The molecule has 26 heavy (non-hydrogen) atoms. The maximum atomic E-state index is 12.1. The molecule has 8 heteroatoms. The van der Waals surface area contributed by atoms with E-state index >= 15 is 0 Å². The van der Waals surface area contributed by atoms with Gasteiger partial charge in [-0.25, -0.2) is 14.8 Å². The number of carbonyl (C=O) groups excluding carboxylic acids is 1. The number of nitriles is 1. The van der Waals surface area contributed by atoms with E-state index in [1.165, 1.54) is 25.1 Å². The van der Waals surface area contributed by atoms with E-state index in [4.69, 9.17) is 10.5 Å². The topological polar surface area (TPSA) is 107 Å². The second-order valence-corrected chi connectivity index (χ2v) is 6.03. The van der Waals surface area contributed by atoms with E-state index in [0.717, 1.165) is 11.3 Å². The number of hydrogen-bond donors (Lipinski definition) is 1. The van der Waals surface area contributed by atoms with Gasteiger partial charge in [0.05, 0.1) is 24.1 Å². The lowest BCUT2D eigenvalue weighted by Gasteiger charge is -2.09. The molecule has 7 nitrogen and oxygen atoms in total. The van der Waals surface area contributed by atoms with Gasteiger partial charge in [0.1, 0.15) is 6.07 Å². The van der Waals surface area contributed by atoms with Gasteiger partial charge in [0.15, 0.2) is 10.9 Å². The van der Waals surface area contributed by atoms with E-state index in [-0.39, 0.29) is 16.9 Å². The number of ether oxygens (including phenoxy) is 1. The molecule has 0 bridgehead atoms.